The number of benzene rings is 2. The molecule has 1 amide bonds. The highest BCUT2D eigenvalue weighted by molar-refractivity contribution is 5.94. The van der Waals surface area contributed by atoms with Crippen molar-refractivity contribution in [2.45, 2.75) is 25.8 Å². The first-order chi connectivity index (χ1) is 12.3. The van der Waals surface area contributed by atoms with E-state index in [0.29, 0.717) is 24.6 Å². The van der Waals surface area contributed by atoms with Crippen molar-refractivity contribution in [1.29, 1.82) is 0 Å². The Kier molecular flexibility index (Phi) is 5.57. The van der Waals surface area contributed by atoms with Crippen molar-refractivity contribution in [3.8, 4) is 0 Å². The summed E-state index contributed by atoms with van der Waals surface area (Å²) in [7, 11) is 0. The molecule has 0 aliphatic heterocycles. The average Bonchev–Trinajstić information content (AvgIpc) is 3.16. The highest BCUT2D eigenvalue weighted by Crippen LogP contribution is 2.18. The van der Waals surface area contributed by atoms with E-state index in [1.54, 1.807) is 11.0 Å². The fourth-order valence-electron chi connectivity index (χ4n) is 2.80. The zero-order valence-corrected chi connectivity index (χ0v) is 14.3. The second-order valence-corrected chi connectivity index (χ2v) is 6.02. The Bertz CT molecular complexity index is 782. The summed E-state index contributed by atoms with van der Waals surface area (Å²) in [6.07, 6.45) is 4.18. The molecule has 0 bridgehead atoms. The van der Waals surface area contributed by atoms with Crippen molar-refractivity contribution in [3.05, 3.63) is 83.9 Å². The van der Waals surface area contributed by atoms with Crippen LogP contribution in [0.25, 0.3) is 0 Å². The van der Waals surface area contributed by atoms with Gasteiger partial charge in [0.25, 0.3) is 5.91 Å². The molecule has 2 aromatic carbocycles. The number of nitrogens with one attached hydrogen (secondary N) is 1. The van der Waals surface area contributed by atoms with Gasteiger partial charge in [0.15, 0.2) is 0 Å². The van der Waals surface area contributed by atoms with Crippen LogP contribution in [-0.4, -0.2) is 27.2 Å². The van der Waals surface area contributed by atoms with E-state index in [4.69, 9.17) is 0 Å². The van der Waals surface area contributed by atoms with E-state index in [2.05, 4.69) is 34.5 Å². The van der Waals surface area contributed by atoms with Gasteiger partial charge in [0.05, 0.1) is 6.54 Å². The Morgan fingerprint density at radius 1 is 1.12 bits per heavy atom. The van der Waals surface area contributed by atoms with Crippen LogP contribution in [0.3, 0.4) is 0 Å². The quantitative estimate of drug-likeness (QED) is 0.721. The lowest BCUT2D eigenvalue weighted by Crippen LogP contribution is -2.28. The summed E-state index contributed by atoms with van der Waals surface area (Å²) in [5.74, 6) is 0.290. The lowest BCUT2D eigenvalue weighted by atomic mass is 9.96. The third-order valence-electron chi connectivity index (χ3n) is 4.30. The van der Waals surface area contributed by atoms with Gasteiger partial charge in [0.1, 0.15) is 12.7 Å². The van der Waals surface area contributed by atoms with E-state index >= 15 is 0 Å². The predicted molar refractivity (Wildman–Crippen MR) is 97.4 cm³/mol. The van der Waals surface area contributed by atoms with Crippen LogP contribution in [-0.2, 0) is 6.54 Å². The fourth-order valence-corrected chi connectivity index (χ4v) is 2.80. The van der Waals surface area contributed by atoms with Crippen LogP contribution >= 0.6 is 0 Å². The van der Waals surface area contributed by atoms with Gasteiger partial charge in [0, 0.05) is 18.0 Å². The number of nitrogens with zero attached hydrogens (tertiary/aromatic N) is 3. The van der Waals surface area contributed by atoms with Crippen molar-refractivity contribution < 1.29 is 4.79 Å². The Balaban J connectivity index is 1.57. The van der Waals surface area contributed by atoms with Crippen LogP contribution in [0, 0.1) is 0 Å². The van der Waals surface area contributed by atoms with Crippen molar-refractivity contribution >= 4 is 5.91 Å². The van der Waals surface area contributed by atoms with Gasteiger partial charge in [0.2, 0.25) is 0 Å². The third kappa shape index (κ3) is 4.53. The SMILES string of the molecule is CCC(CNC(=O)c1ccc(Cn2cncn2)cc1)c1ccccc1. The Morgan fingerprint density at radius 3 is 2.52 bits per heavy atom. The maximum absolute atomic E-state index is 12.4. The van der Waals surface area contributed by atoms with Crippen LogP contribution in [0.2, 0.25) is 0 Å². The van der Waals surface area contributed by atoms with Gasteiger partial charge in [-0.3, -0.25) is 4.79 Å². The third-order valence-corrected chi connectivity index (χ3v) is 4.30. The molecule has 0 aliphatic rings. The van der Waals surface area contributed by atoms with E-state index in [0.717, 1.165) is 12.0 Å². The maximum Gasteiger partial charge on any atom is 0.251 e. The number of hydrogen-bond donors (Lipinski definition) is 1. The Morgan fingerprint density at radius 2 is 1.88 bits per heavy atom. The zero-order valence-electron chi connectivity index (χ0n) is 14.3. The second-order valence-electron chi connectivity index (χ2n) is 6.02. The van der Waals surface area contributed by atoms with Gasteiger partial charge in [-0.1, -0.05) is 49.4 Å². The summed E-state index contributed by atoms with van der Waals surface area (Å²) < 4.78 is 1.75. The minimum atomic E-state index is -0.0401. The molecule has 3 rings (SSSR count). The van der Waals surface area contributed by atoms with Gasteiger partial charge >= 0.3 is 0 Å². The number of rotatable bonds is 7. The molecule has 0 spiro atoms. The number of carbonyl (C=O) groups is 1. The average molecular weight is 334 g/mol. The van der Waals surface area contributed by atoms with Gasteiger partial charge in [-0.25, -0.2) is 9.67 Å². The fraction of sp³-hybridized carbons (Fsp3) is 0.250. The second kappa shape index (κ2) is 8.24. The van der Waals surface area contributed by atoms with Gasteiger partial charge in [-0.2, -0.15) is 5.10 Å². The van der Waals surface area contributed by atoms with E-state index in [9.17, 15) is 4.79 Å². The molecule has 1 N–H and O–H groups in total. The van der Waals surface area contributed by atoms with Crippen molar-refractivity contribution in [3.63, 3.8) is 0 Å². The number of aromatic nitrogens is 3. The number of carbonyl (C=O) groups excluding carboxylic acids is 1. The molecule has 1 heterocycles. The molecule has 0 fully saturated rings. The van der Waals surface area contributed by atoms with E-state index in [1.165, 1.54) is 11.9 Å². The molecule has 1 unspecified atom stereocenters. The van der Waals surface area contributed by atoms with Crippen molar-refractivity contribution in [2.75, 3.05) is 6.54 Å². The van der Waals surface area contributed by atoms with Gasteiger partial charge < -0.3 is 5.32 Å². The molecular weight excluding hydrogens is 312 g/mol. The molecule has 5 heteroatoms. The molecule has 3 aromatic rings. The topological polar surface area (TPSA) is 59.8 Å². The highest BCUT2D eigenvalue weighted by Gasteiger charge is 2.12. The summed E-state index contributed by atoms with van der Waals surface area (Å²) in [6, 6.07) is 17.9. The number of hydrogen-bond acceptors (Lipinski definition) is 3. The molecule has 0 saturated carbocycles. The molecule has 0 radical (unpaired) electrons. The Labute approximate surface area is 147 Å². The first kappa shape index (κ1) is 16.9. The van der Waals surface area contributed by atoms with Crippen LogP contribution < -0.4 is 5.32 Å². The molecule has 5 nitrogen and oxygen atoms in total. The van der Waals surface area contributed by atoms with Crippen LogP contribution in [0.15, 0.2) is 67.3 Å². The first-order valence-corrected chi connectivity index (χ1v) is 8.50. The minimum Gasteiger partial charge on any atom is -0.351 e. The van der Waals surface area contributed by atoms with Crippen molar-refractivity contribution in [2.24, 2.45) is 0 Å². The summed E-state index contributed by atoms with van der Waals surface area (Å²) in [4.78, 5) is 16.3. The van der Waals surface area contributed by atoms with Crippen molar-refractivity contribution in [1.82, 2.24) is 20.1 Å². The minimum absolute atomic E-state index is 0.0401. The largest absolute Gasteiger partial charge is 0.351 e. The van der Waals surface area contributed by atoms with Gasteiger partial charge in [-0.15, -0.1) is 0 Å². The van der Waals surface area contributed by atoms with Gasteiger partial charge in [-0.05, 0) is 29.7 Å². The Hall–Kier alpha value is -2.95. The molecular formula is C20H22N4O. The molecule has 0 saturated heterocycles. The lowest BCUT2D eigenvalue weighted by Gasteiger charge is -2.16. The summed E-state index contributed by atoms with van der Waals surface area (Å²) in [5, 5.41) is 7.13. The maximum atomic E-state index is 12.4. The predicted octanol–water partition coefficient (Wildman–Crippen LogP) is 3.25. The summed E-state index contributed by atoms with van der Waals surface area (Å²) in [6.45, 7) is 3.43. The van der Waals surface area contributed by atoms with Crippen LogP contribution in [0.1, 0.15) is 40.7 Å². The molecule has 128 valence electrons. The van der Waals surface area contributed by atoms with E-state index in [-0.39, 0.29) is 5.91 Å². The summed E-state index contributed by atoms with van der Waals surface area (Å²) in [5.41, 5.74) is 3.01. The molecule has 1 aromatic heterocycles. The normalized spacial score (nSPS) is 11.9. The van der Waals surface area contributed by atoms with E-state index < -0.39 is 0 Å². The monoisotopic (exact) mass is 334 g/mol. The zero-order chi connectivity index (χ0) is 17.5. The first-order valence-electron chi connectivity index (χ1n) is 8.50. The summed E-state index contributed by atoms with van der Waals surface area (Å²) >= 11 is 0. The van der Waals surface area contributed by atoms with E-state index in [1.807, 2.05) is 42.5 Å². The molecule has 25 heavy (non-hydrogen) atoms. The number of amides is 1. The lowest BCUT2D eigenvalue weighted by molar-refractivity contribution is 0.0951. The molecule has 0 aliphatic carbocycles. The highest BCUT2D eigenvalue weighted by atomic mass is 16.1. The molecule has 1 atom stereocenters. The smallest absolute Gasteiger partial charge is 0.251 e. The van der Waals surface area contributed by atoms with Crippen LogP contribution in [0.5, 0.6) is 0 Å². The van der Waals surface area contributed by atoms with Crippen LogP contribution in [0.4, 0.5) is 0 Å². The standard InChI is InChI=1S/C20H22N4O/c1-2-17(18-6-4-3-5-7-18)12-22-20(25)19-10-8-16(9-11-19)13-24-15-21-14-23-24/h3-11,14-15,17H,2,12-13H2,1H3,(H,22,25).